The van der Waals surface area contributed by atoms with Crippen molar-refractivity contribution < 1.29 is 4.79 Å². The summed E-state index contributed by atoms with van der Waals surface area (Å²) in [6.45, 7) is 2.69. The number of nitrogens with one attached hydrogen (secondary N) is 1. The topological polar surface area (TPSA) is 118 Å². The lowest BCUT2D eigenvalue weighted by Crippen LogP contribution is -2.28. The van der Waals surface area contributed by atoms with Crippen LogP contribution >= 0.6 is 0 Å². The van der Waals surface area contributed by atoms with E-state index in [1.807, 2.05) is 13.0 Å². The number of hydrogen-bond acceptors (Lipinski definition) is 6. The van der Waals surface area contributed by atoms with Crippen LogP contribution in [-0.2, 0) is 17.6 Å². The minimum Gasteiger partial charge on any atom is -0.369 e. The summed E-state index contributed by atoms with van der Waals surface area (Å²) in [7, 11) is 0. The number of aromatic nitrogens is 3. The molecule has 0 atom stereocenters. The Morgan fingerprint density at radius 2 is 2.11 bits per heavy atom. The minimum absolute atomic E-state index is 0.00903. The van der Waals surface area contributed by atoms with Crippen molar-refractivity contribution in [1.82, 2.24) is 15.0 Å². The molecule has 0 radical (unpaired) electrons. The fraction of sp³-hybridized carbons (Fsp3) is 0.476. The summed E-state index contributed by atoms with van der Waals surface area (Å²) in [6, 6.07) is 6.20. The van der Waals surface area contributed by atoms with Crippen LogP contribution < -0.4 is 11.1 Å². The summed E-state index contributed by atoms with van der Waals surface area (Å²) >= 11 is 0. The first kappa shape index (κ1) is 19.7. The van der Waals surface area contributed by atoms with E-state index in [2.05, 4.69) is 32.4 Å². The lowest BCUT2D eigenvalue weighted by molar-refractivity contribution is -0.122. The molecule has 1 saturated carbocycles. The van der Waals surface area contributed by atoms with E-state index in [9.17, 15) is 10.1 Å². The van der Waals surface area contributed by atoms with Gasteiger partial charge in [0, 0.05) is 24.4 Å². The predicted molar refractivity (Wildman–Crippen MR) is 106 cm³/mol. The monoisotopic (exact) mass is 378 g/mol. The van der Waals surface area contributed by atoms with Crippen LogP contribution in [0, 0.1) is 30.1 Å². The highest BCUT2D eigenvalue weighted by atomic mass is 16.1. The van der Waals surface area contributed by atoms with Gasteiger partial charge in [0.2, 0.25) is 11.9 Å². The van der Waals surface area contributed by atoms with Crippen LogP contribution in [-0.4, -0.2) is 27.4 Å². The smallest absolute Gasteiger partial charge is 0.222 e. The van der Waals surface area contributed by atoms with Crippen molar-refractivity contribution >= 4 is 11.9 Å². The second-order valence-electron chi connectivity index (χ2n) is 7.41. The van der Waals surface area contributed by atoms with Crippen LogP contribution in [0.15, 0.2) is 24.5 Å². The molecule has 3 rings (SSSR count). The van der Waals surface area contributed by atoms with Gasteiger partial charge >= 0.3 is 0 Å². The maximum absolute atomic E-state index is 11.3. The average molecular weight is 378 g/mol. The van der Waals surface area contributed by atoms with Crippen molar-refractivity contribution in [1.29, 1.82) is 5.26 Å². The van der Waals surface area contributed by atoms with Crippen molar-refractivity contribution in [2.75, 3.05) is 11.9 Å². The number of nitriles is 1. The molecule has 2 aromatic rings. The number of pyridine rings is 1. The van der Waals surface area contributed by atoms with E-state index in [1.54, 1.807) is 12.4 Å². The van der Waals surface area contributed by atoms with Crippen LogP contribution in [0.3, 0.4) is 0 Å². The Hall–Kier alpha value is -3.01. The zero-order valence-corrected chi connectivity index (χ0v) is 16.2. The third-order valence-electron chi connectivity index (χ3n) is 5.51. The molecule has 1 amide bonds. The molecule has 1 fully saturated rings. The van der Waals surface area contributed by atoms with E-state index in [-0.39, 0.29) is 11.8 Å². The van der Waals surface area contributed by atoms with Crippen molar-refractivity contribution in [3.8, 4) is 6.07 Å². The lowest BCUT2D eigenvalue weighted by Gasteiger charge is -2.26. The summed E-state index contributed by atoms with van der Waals surface area (Å²) in [6.07, 6.45) is 8.46. The van der Waals surface area contributed by atoms with Gasteiger partial charge in [0.05, 0.1) is 17.5 Å². The van der Waals surface area contributed by atoms with E-state index in [0.717, 1.165) is 49.9 Å². The Kier molecular flexibility index (Phi) is 6.53. The van der Waals surface area contributed by atoms with Crippen LogP contribution in [0.2, 0.25) is 0 Å². The van der Waals surface area contributed by atoms with Gasteiger partial charge < -0.3 is 11.1 Å². The standard InChI is InChI=1S/C21H26N6O/c1-14-16(3-2-9-24-14)8-10-25-21-26-13-18(12-22)19(27-21)11-15-4-6-17(7-5-15)20(23)28/h2-3,9,13,15,17H,4-8,10-11H2,1H3,(H2,23,28)(H,25,26,27). The van der Waals surface area contributed by atoms with Crippen molar-refractivity contribution in [3.63, 3.8) is 0 Å². The van der Waals surface area contributed by atoms with Crippen molar-refractivity contribution in [2.45, 2.75) is 45.4 Å². The number of nitrogens with two attached hydrogens (primary N) is 1. The largest absolute Gasteiger partial charge is 0.369 e. The number of hydrogen-bond donors (Lipinski definition) is 2. The first-order valence-corrected chi connectivity index (χ1v) is 9.76. The molecule has 1 aliphatic carbocycles. The van der Waals surface area contributed by atoms with Gasteiger partial charge in [-0.15, -0.1) is 0 Å². The Bertz CT molecular complexity index is 867. The third-order valence-corrected chi connectivity index (χ3v) is 5.51. The highest BCUT2D eigenvalue weighted by molar-refractivity contribution is 5.76. The number of carbonyl (C=O) groups excluding carboxylic acids is 1. The lowest BCUT2D eigenvalue weighted by atomic mass is 9.79. The zero-order chi connectivity index (χ0) is 19.9. The van der Waals surface area contributed by atoms with Crippen LogP contribution in [0.5, 0.6) is 0 Å². The fourth-order valence-electron chi connectivity index (χ4n) is 3.77. The van der Waals surface area contributed by atoms with Crippen molar-refractivity contribution in [3.05, 3.63) is 47.0 Å². The van der Waals surface area contributed by atoms with E-state index in [0.29, 0.717) is 24.0 Å². The molecule has 7 heteroatoms. The molecule has 146 valence electrons. The molecule has 0 saturated heterocycles. The fourth-order valence-corrected chi connectivity index (χ4v) is 3.77. The zero-order valence-electron chi connectivity index (χ0n) is 16.2. The molecular weight excluding hydrogens is 352 g/mol. The van der Waals surface area contributed by atoms with E-state index in [1.165, 1.54) is 5.56 Å². The second-order valence-corrected chi connectivity index (χ2v) is 7.41. The molecule has 1 aliphatic rings. The van der Waals surface area contributed by atoms with Gasteiger partial charge in [-0.25, -0.2) is 9.97 Å². The maximum atomic E-state index is 11.3. The summed E-state index contributed by atoms with van der Waals surface area (Å²) in [4.78, 5) is 24.5. The number of rotatable bonds is 7. The Morgan fingerprint density at radius 1 is 1.32 bits per heavy atom. The van der Waals surface area contributed by atoms with E-state index < -0.39 is 0 Å². The van der Waals surface area contributed by atoms with Gasteiger partial charge in [0.25, 0.3) is 0 Å². The summed E-state index contributed by atoms with van der Waals surface area (Å²) in [5.41, 5.74) is 8.93. The Balaban J connectivity index is 1.60. The van der Waals surface area contributed by atoms with Gasteiger partial charge in [-0.2, -0.15) is 5.26 Å². The van der Waals surface area contributed by atoms with E-state index >= 15 is 0 Å². The van der Waals surface area contributed by atoms with Gasteiger partial charge in [0.1, 0.15) is 6.07 Å². The number of amides is 1. The first-order valence-electron chi connectivity index (χ1n) is 9.76. The highest BCUT2D eigenvalue weighted by Gasteiger charge is 2.25. The second kappa shape index (κ2) is 9.27. The maximum Gasteiger partial charge on any atom is 0.222 e. The number of aryl methyl sites for hydroxylation is 1. The van der Waals surface area contributed by atoms with E-state index in [4.69, 9.17) is 5.73 Å². The molecule has 28 heavy (non-hydrogen) atoms. The summed E-state index contributed by atoms with van der Waals surface area (Å²) in [5.74, 6) is 0.753. The van der Waals surface area contributed by atoms with Gasteiger partial charge in [-0.05, 0) is 63.0 Å². The summed E-state index contributed by atoms with van der Waals surface area (Å²) < 4.78 is 0. The SMILES string of the molecule is Cc1ncccc1CCNc1ncc(C#N)c(CC2CCC(C(N)=O)CC2)n1. The minimum atomic E-state index is -0.200. The molecule has 0 spiro atoms. The molecule has 0 aliphatic heterocycles. The molecule has 2 heterocycles. The molecule has 0 bridgehead atoms. The molecule has 0 aromatic carbocycles. The molecule has 3 N–H and O–H groups in total. The number of nitrogens with zero attached hydrogens (tertiary/aromatic N) is 4. The van der Waals surface area contributed by atoms with Crippen molar-refractivity contribution in [2.24, 2.45) is 17.6 Å². The first-order chi connectivity index (χ1) is 13.6. The van der Waals surface area contributed by atoms with Crippen LogP contribution in [0.4, 0.5) is 5.95 Å². The van der Waals surface area contributed by atoms with Crippen LogP contribution in [0.1, 0.15) is 48.2 Å². The third kappa shape index (κ3) is 5.03. The van der Waals surface area contributed by atoms with Gasteiger partial charge in [-0.1, -0.05) is 6.07 Å². The van der Waals surface area contributed by atoms with Gasteiger partial charge in [0.15, 0.2) is 0 Å². The molecule has 0 unspecified atom stereocenters. The molecular formula is C21H26N6O. The van der Waals surface area contributed by atoms with Crippen LogP contribution in [0.25, 0.3) is 0 Å². The van der Waals surface area contributed by atoms with Gasteiger partial charge in [-0.3, -0.25) is 9.78 Å². The quantitative estimate of drug-likeness (QED) is 0.764. The Labute approximate surface area is 165 Å². The average Bonchev–Trinajstić information content (AvgIpc) is 2.70. The number of primary amides is 1. The molecule has 2 aromatic heterocycles. The Morgan fingerprint density at radius 3 is 2.79 bits per heavy atom. The normalized spacial score (nSPS) is 19.0. The number of carbonyl (C=O) groups is 1. The highest BCUT2D eigenvalue weighted by Crippen LogP contribution is 2.31. The number of anilines is 1. The molecule has 7 nitrogen and oxygen atoms in total. The predicted octanol–water partition coefficient (Wildman–Crippen LogP) is 2.54. The summed E-state index contributed by atoms with van der Waals surface area (Å²) in [5, 5.41) is 12.6.